The zero-order valence-corrected chi connectivity index (χ0v) is 16.5. The van der Waals surface area contributed by atoms with Crippen molar-refractivity contribution >= 4 is 28.2 Å². The number of anilines is 2. The molecular weight excluding hydrogens is 410 g/mol. The summed E-state index contributed by atoms with van der Waals surface area (Å²) < 4.78 is 30.1. The number of pyridine rings is 1. The van der Waals surface area contributed by atoms with Gasteiger partial charge in [0, 0.05) is 36.3 Å². The molecule has 2 heterocycles. The molecule has 8 nitrogen and oxygen atoms in total. The molecule has 0 aliphatic carbocycles. The van der Waals surface area contributed by atoms with Gasteiger partial charge in [-0.3, -0.25) is 4.79 Å². The minimum Gasteiger partial charge on any atom is -0.477 e. The Morgan fingerprint density at radius 1 is 1.19 bits per heavy atom. The molecule has 0 amide bonds. The van der Waals surface area contributed by atoms with E-state index in [1.165, 1.54) is 16.7 Å². The predicted molar refractivity (Wildman–Crippen MR) is 112 cm³/mol. The fraction of sp³-hybridized carbons (Fsp3) is 0.238. The number of fused-ring (bicyclic) bond motifs is 1. The second-order valence-electron chi connectivity index (χ2n) is 7.42. The van der Waals surface area contributed by atoms with Crippen molar-refractivity contribution < 1.29 is 23.8 Å². The van der Waals surface area contributed by atoms with Crippen LogP contribution in [0.4, 0.5) is 20.2 Å². The van der Waals surface area contributed by atoms with Gasteiger partial charge in [0.1, 0.15) is 17.2 Å². The normalized spacial score (nSPS) is 14.1. The van der Waals surface area contributed by atoms with E-state index in [0.717, 1.165) is 18.3 Å². The fourth-order valence-corrected chi connectivity index (χ4v) is 3.76. The molecule has 1 aliphatic heterocycles. The molecule has 1 aliphatic rings. The number of aliphatic hydroxyl groups is 1. The lowest BCUT2D eigenvalue weighted by Gasteiger charge is -2.41. The maximum Gasteiger partial charge on any atom is 0.341 e. The topological polar surface area (TPSA) is 121 Å². The number of rotatable bonds is 5. The molecule has 10 heteroatoms. The van der Waals surface area contributed by atoms with E-state index < -0.39 is 35.2 Å². The van der Waals surface area contributed by atoms with Gasteiger partial charge >= 0.3 is 5.97 Å². The van der Waals surface area contributed by atoms with Gasteiger partial charge in [0.25, 0.3) is 0 Å². The molecule has 0 saturated carbocycles. The van der Waals surface area contributed by atoms with Crippen LogP contribution in [-0.2, 0) is 6.61 Å². The third kappa shape index (κ3) is 3.39. The molecule has 3 aromatic rings. The SMILES string of the molecule is CNC1CN(c2cc3c(cc2F)c(=O)c(C(=O)O)cn3-c2cc(N)c(F)cc2CO)C1. The lowest BCUT2D eigenvalue weighted by molar-refractivity contribution is 0.0695. The van der Waals surface area contributed by atoms with E-state index in [1.807, 2.05) is 0 Å². The average Bonchev–Trinajstić information content (AvgIpc) is 2.70. The second kappa shape index (κ2) is 7.64. The number of nitrogen functional groups attached to an aromatic ring is 1. The van der Waals surface area contributed by atoms with Gasteiger partial charge in [-0.05, 0) is 31.3 Å². The summed E-state index contributed by atoms with van der Waals surface area (Å²) in [6.07, 6.45) is 1.08. The van der Waals surface area contributed by atoms with Crippen molar-refractivity contribution in [3.8, 4) is 5.69 Å². The average molecular weight is 430 g/mol. The third-order valence-corrected chi connectivity index (χ3v) is 5.56. The van der Waals surface area contributed by atoms with Gasteiger partial charge in [-0.2, -0.15) is 0 Å². The third-order valence-electron chi connectivity index (χ3n) is 5.56. The highest BCUT2D eigenvalue weighted by molar-refractivity contribution is 5.94. The first-order valence-corrected chi connectivity index (χ1v) is 9.48. The summed E-state index contributed by atoms with van der Waals surface area (Å²) in [5.74, 6) is -2.90. The number of likely N-dealkylation sites (N-methyl/N-ethyl adjacent to an activating group) is 1. The van der Waals surface area contributed by atoms with Crippen molar-refractivity contribution in [2.75, 3.05) is 30.8 Å². The van der Waals surface area contributed by atoms with Crippen molar-refractivity contribution in [2.45, 2.75) is 12.6 Å². The minimum absolute atomic E-state index is 0.123. The van der Waals surface area contributed by atoms with E-state index in [1.54, 1.807) is 11.9 Å². The first kappa shape index (κ1) is 20.8. The summed E-state index contributed by atoms with van der Waals surface area (Å²) in [4.78, 5) is 26.2. The van der Waals surface area contributed by atoms with Gasteiger partial charge in [0.05, 0.1) is 29.2 Å². The summed E-state index contributed by atoms with van der Waals surface area (Å²) in [5, 5.41) is 22.1. The van der Waals surface area contributed by atoms with Crippen molar-refractivity contribution in [2.24, 2.45) is 0 Å². The summed E-state index contributed by atoms with van der Waals surface area (Å²) in [5.41, 5.74) is 4.79. The zero-order valence-electron chi connectivity index (χ0n) is 16.5. The van der Waals surface area contributed by atoms with E-state index >= 15 is 0 Å². The highest BCUT2D eigenvalue weighted by Gasteiger charge is 2.28. The highest BCUT2D eigenvalue weighted by atomic mass is 19.1. The van der Waals surface area contributed by atoms with Crippen molar-refractivity contribution in [1.29, 1.82) is 0 Å². The molecular formula is C21H20F2N4O4. The predicted octanol–water partition coefficient (Wildman–Crippen LogP) is 1.45. The number of aromatic carboxylic acids is 1. The molecule has 31 heavy (non-hydrogen) atoms. The van der Waals surface area contributed by atoms with Crippen LogP contribution in [0.5, 0.6) is 0 Å². The Morgan fingerprint density at radius 2 is 1.90 bits per heavy atom. The lowest BCUT2D eigenvalue weighted by atomic mass is 10.0. The number of benzene rings is 2. The first-order chi connectivity index (χ1) is 14.7. The van der Waals surface area contributed by atoms with Crippen LogP contribution in [-0.4, -0.2) is 46.9 Å². The molecule has 0 radical (unpaired) electrons. The number of aliphatic hydroxyl groups excluding tert-OH is 1. The van der Waals surface area contributed by atoms with Crippen LogP contribution in [0.3, 0.4) is 0 Å². The molecule has 5 N–H and O–H groups in total. The summed E-state index contributed by atoms with van der Waals surface area (Å²) in [6, 6.07) is 4.93. The van der Waals surface area contributed by atoms with Crippen LogP contribution >= 0.6 is 0 Å². The van der Waals surface area contributed by atoms with Gasteiger partial charge in [-0.25, -0.2) is 13.6 Å². The summed E-state index contributed by atoms with van der Waals surface area (Å²) in [7, 11) is 1.80. The molecule has 1 fully saturated rings. The summed E-state index contributed by atoms with van der Waals surface area (Å²) >= 11 is 0. The fourth-order valence-electron chi connectivity index (χ4n) is 3.76. The minimum atomic E-state index is -1.50. The van der Waals surface area contributed by atoms with E-state index in [-0.39, 0.29) is 39.6 Å². The monoisotopic (exact) mass is 430 g/mol. The van der Waals surface area contributed by atoms with Gasteiger partial charge in [-0.1, -0.05) is 0 Å². The lowest BCUT2D eigenvalue weighted by Crippen LogP contribution is -2.57. The van der Waals surface area contributed by atoms with Crippen LogP contribution in [0.25, 0.3) is 16.6 Å². The van der Waals surface area contributed by atoms with Crippen LogP contribution in [0.2, 0.25) is 0 Å². The first-order valence-electron chi connectivity index (χ1n) is 9.48. The standard InChI is InChI=1S/C21H20F2N4O4/c1-25-11-6-26(7-11)19-5-18-12(3-15(19)23)20(29)13(21(30)31)8-27(18)17-4-16(24)14(22)2-10(17)9-28/h2-5,8,11,25,28H,6-7,9,24H2,1H3,(H,30,31). The quantitative estimate of drug-likeness (QED) is 0.452. The van der Waals surface area contributed by atoms with Gasteiger partial charge in [0.2, 0.25) is 5.43 Å². The number of nitrogens with one attached hydrogen (secondary N) is 1. The molecule has 1 aromatic heterocycles. The molecule has 0 spiro atoms. The van der Waals surface area contributed by atoms with E-state index in [4.69, 9.17) is 5.73 Å². The molecule has 162 valence electrons. The number of hydrogen-bond acceptors (Lipinski definition) is 6. The molecule has 4 rings (SSSR count). The highest BCUT2D eigenvalue weighted by Crippen LogP contribution is 2.31. The van der Waals surface area contributed by atoms with Crippen LogP contribution in [0, 0.1) is 11.6 Å². The Bertz CT molecular complexity index is 1270. The van der Waals surface area contributed by atoms with Gasteiger partial charge in [0.15, 0.2) is 0 Å². The Hall–Kier alpha value is -3.50. The number of carboxylic acids is 1. The largest absolute Gasteiger partial charge is 0.477 e. The summed E-state index contributed by atoms with van der Waals surface area (Å²) in [6.45, 7) is 0.552. The Labute approximate surface area is 175 Å². The van der Waals surface area contributed by atoms with Gasteiger partial charge in [-0.15, -0.1) is 0 Å². The molecule has 0 atom stereocenters. The zero-order chi connectivity index (χ0) is 22.4. The van der Waals surface area contributed by atoms with Crippen molar-refractivity contribution in [3.05, 3.63) is 63.4 Å². The molecule has 0 bridgehead atoms. The smallest absolute Gasteiger partial charge is 0.341 e. The maximum absolute atomic E-state index is 14.9. The van der Waals surface area contributed by atoms with Crippen LogP contribution < -0.4 is 21.4 Å². The number of hydrogen-bond donors (Lipinski definition) is 4. The van der Waals surface area contributed by atoms with Crippen molar-refractivity contribution in [3.63, 3.8) is 0 Å². The number of nitrogens with two attached hydrogens (primary N) is 1. The Balaban J connectivity index is 2.04. The number of carbonyl (C=O) groups is 1. The number of aromatic nitrogens is 1. The molecule has 0 unspecified atom stereocenters. The Morgan fingerprint density at radius 3 is 2.52 bits per heavy atom. The number of nitrogens with zero attached hydrogens (tertiary/aromatic N) is 2. The van der Waals surface area contributed by atoms with E-state index in [2.05, 4.69) is 5.32 Å². The molecule has 2 aromatic carbocycles. The number of halogens is 2. The molecule has 1 saturated heterocycles. The Kier molecular flexibility index (Phi) is 5.11. The van der Waals surface area contributed by atoms with E-state index in [9.17, 15) is 28.6 Å². The van der Waals surface area contributed by atoms with Crippen molar-refractivity contribution in [1.82, 2.24) is 9.88 Å². The maximum atomic E-state index is 14.9. The second-order valence-corrected chi connectivity index (χ2v) is 7.42. The van der Waals surface area contributed by atoms with Gasteiger partial charge < -0.3 is 30.7 Å². The van der Waals surface area contributed by atoms with Crippen LogP contribution in [0.1, 0.15) is 15.9 Å². The van der Waals surface area contributed by atoms with E-state index in [0.29, 0.717) is 13.1 Å². The van der Waals surface area contributed by atoms with Crippen LogP contribution in [0.15, 0.2) is 35.3 Å². The number of carboxylic acid groups (broad SMARTS) is 1.